The van der Waals surface area contributed by atoms with Gasteiger partial charge in [-0.25, -0.2) is 0 Å². The second-order valence-corrected chi connectivity index (χ2v) is 7.11. The van der Waals surface area contributed by atoms with Crippen molar-refractivity contribution < 1.29 is 14.5 Å². The number of non-ortho nitro benzene ring substituents is 1. The highest BCUT2D eigenvalue weighted by Crippen LogP contribution is 2.18. The molecular formula is C22H16BrN3O4. The van der Waals surface area contributed by atoms with Crippen LogP contribution in [0, 0.1) is 10.1 Å². The van der Waals surface area contributed by atoms with Crippen LogP contribution in [0.3, 0.4) is 0 Å². The molecule has 0 saturated carbocycles. The Morgan fingerprint density at radius 2 is 1.63 bits per heavy atom. The lowest BCUT2D eigenvalue weighted by molar-refractivity contribution is -0.384. The minimum absolute atomic E-state index is 0.00215. The van der Waals surface area contributed by atoms with Crippen molar-refractivity contribution in [2.24, 2.45) is 0 Å². The summed E-state index contributed by atoms with van der Waals surface area (Å²) in [7, 11) is 0. The Kier molecular flexibility index (Phi) is 6.71. The van der Waals surface area contributed by atoms with Gasteiger partial charge in [-0.1, -0.05) is 40.2 Å². The van der Waals surface area contributed by atoms with E-state index in [4.69, 9.17) is 0 Å². The van der Waals surface area contributed by atoms with Crippen LogP contribution in [0.5, 0.6) is 0 Å². The summed E-state index contributed by atoms with van der Waals surface area (Å²) in [5.74, 6) is -0.983. The van der Waals surface area contributed by atoms with Gasteiger partial charge in [-0.15, -0.1) is 0 Å². The monoisotopic (exact) mass is 465 g/mol. The van der Waals surface area contributed by atoms with Crippen molar-refractivity contribution in [3.05, 3.63) is 110 Å². The molecule has 7 nitrogen and oxygen atoms in total. The molecule has 0 aliphatic rings. The summed E-state index contributed by atoms with van der Waals surface area (Å²) < 4.78 is 0.787. The molecule has 0 spiro atoms. The summed E-state index contributed by atoms with van der Waals surface area (Å²) in [6, 6.07) is 21.2. The average Bonchev–Trinajstić information content (AvgIpc) is 2.74. The zero-order valence-electron chi connectivity index (χ0n) is 15.5. The third-order valence-electron chi connectivity index (χ3n) is 4.03. The third kappa shape index (κ3) is 5.62. The van der Waals surface area contributed by atoms with E-state index in [1.807, 2.05) is 6.07 Å². The lowest BCUT2D eigenvalue weighted by atomic mass is 10.1. The van der Waals surface area contributed by atoms with Gasteiger partial charge >= 0.3 is 0 Å². The van der Waals surface area contributed by atoms with Gasteiger partial charge in [-0.2, -0.15) is 0 Å². The molecule has 0 bridgehead atoms. The zero-order chi connectivity index (χ0) is 21.5. The molecule has 3 aromatic rings. The number of nitro groups is 1. The molecule has 0 fully saturated rings. The molecule has 0 saturated heterocycles. The number of halogens is 1. The van der Waals surface area contributed by atoms with Gasteiger partial charge in [0.05, 0.1) is 4.92 Å². The van der Waals surface area contributed by atoms with Crippen LogP contribution in [-0.2, 0) is 4.79 Å². The molecule has 2 amide bonds. The number of carbonyl (C=O) groups is 2. The number of hydrogen-bond donors (Lipinski definition) is 2. The van der Waals surface area contributed by atoms with E-state index in [9.17, 15) is 19.7 Å². The van der Waals surface area contributed by atoms with Gasteiger partial charge in [-0.3, -0.25) is 19.7 Å². The van der Waals surface area contributed by atoms with E-state index < -0.39 is 16.7 Å². The summed E-state index contributed by atoms with van der Waals surface area (Å²) in [5.41, 5.74) is 1.38. The van der Waals surface area contributed by atoms with Crippen molar-refractivity contribution in [3.63, 3.8) is 0 Å². The smallest absolute Gasteiger partial charge is 0.272 e. The van der Waals surface area contributed by atoms with Gasteiger partial charge in [0.1, 0.15) is 5.70 Å². The molecule has 150 valence electrons. The molecule has 0 heterocycles. The average molecular weight is 466 g/mol. The second kappa shape index (κ2) is 9.62. The number of anilines is 1. The molecule has 0 aliphatic carbocycles. The first-order valence-corrected chi connectivity index (χ1v) is 9.61. The topological polar surface area (TPSA) is 101 Å². The van der Waals surface area contributed by atoms with Crippen LogP contribution in [0.15, 0.2) is 89.0 Å². The normalized spacial score (nSPS) is 10.9. The molecule has 0 radical (unpaired) electrons. The van der Waals surface area contributed by atoms with E-state index in [-0.39, 0.29) is 11.4 Å². The predicted octanol–water partition coefficient (Wildman–Crippen LogP) is 4.77. The molecule has 0 unspecified atom stereocenters. The van der Waals surface area contributed by atoms with Crippen molar-refractivity contribution in [3.8, 4) is 0 Å². The fraction of sp³-hybridized carbons (Fsp3) is 0. The van der Waals surface area contributed by atoms with Crippen molar-refractivity contribution in [1.82, 2.24) is 5.32 Å². The van der Waals surface area contributed by atoms with Gasteiger partial charge in [0.2, 0.25) is 0 Å². The lowest BCUT2D eigenvalue weighted by Crippen LogP contribution is -2.30. The highest BCUT2D eigenvalue weighted by atomic mass is 79.9. The van der Waals surface area contributed by atoms with Crippen LogP contribution in [0.25, 0.3) is 6.08 Å². The van der Waals surface area contributed by atoms with Crippen LogP contribution in [0.1, 0.15) is 15.9 Å². The Labute approximate surface area is 180 Å². The second-order valence-electron chi connectivity index (χ2n) is 6.19. The molecule has 0 aliphatic heterocycles. The van der Waals surface area contributed by atoms with E-state index in [0.29, 0.717) is 16.8 Å². The molecule has 30 heavy (non-hydrogen) atoms. The zero-order valence-corrected chi connectivity index (χ0v) is 17.1. The summed E-state index contributed by atoms with van der Waals surface area (Å²) in [6.07, 6.45) is 1.46. The molecule has 3 aromatic carbocycles. The molecule has 0 aromatic heterocycles. The maximum absolute atomic E-state index is 12.9. The molecule has 0 atom stereocenters. The Morgan fingerprint density at radius 3 is 2.27 bits per heavy atom. The number of nitrogens with one attached hydrogen (secondary N) is 2. The summed E-state index contributed by atoms with van der Waals surface area (Å²) in [5, 5.41) is 16.2. The Balaban J connectivity index is 1.89. The number of carbonyl (C=O) groups excluding carboxylic acids is 2. The van der Waals surface area contributed by atoms with Gasteiger partial charge in [0.15, 0.2) is 0 Å². The highest BCUT2D eigenvalue weighted by molar-refractivity contribution is 9.10. The maximum Gasteiger partial charge on any atom is 0.272 e. The largest absolute Gasteiger partial charge is 0.321 e. The van der Waals surface area contributed by atoms with E-state index >= 15 is 0 Å². The van der Waals surface area contributed by atoms with E-state index in [2.05, 4.69) is 26.6 Å². The lowest BCUT2D eigenvalue weighted by Gasteiger charge is -2.11. The minimum Gasteiger partial charge on any atom is -0.321 e. The van der Waals surface area contributed by atoms with Crippen LogP contribution in [0.4, 0.5) is 11.4 Å². The fourth-order valence-corrected chi connectivity index (χ4v) is 2.97. The molecule has 8 heteroatoms. The van der Waals surface area contributed by atoms with Crippen LogP contribution in [-0.4, -0.2) is 16.7 Å². The van der Waals surface area contributed by atoms with Crippen LogP contribution >= 0.6 is 15.9 Å². The number of nitro benzene ring substituents is 1. The van der Waals surface area contributed by atoms with Crippen molar-refractivity contribution >= 4 is 45.2 Å². The first-order chi connectivity index (χ1) is 14.4. The maximum atomic E-state index is 12.9. The first kappa shape index (κ1) is 20.9. The summed E-state index contributed by atoms with van der Waals surface area (Å²) >= 11 is 3.34. The van der Waals surface area contributed by atoms with Gasteiger partial charge < -0.3 is 10.6 Å². The van der Waals surface area contributed by atoms with E-state index in [1.165, 1.54) is 30.3 Å². The van der Waals surface area contributed by atoms with Gasteiger partial charge in [0.25, 0.3) is 17.5 Å². The minimum atomic E-state index is -0.532. The summed E-state index contributed by atoms with van der Waals surface area (Å²) in [4.78, 5) is 35.8. The number of nitrogens with zero attached hydrogens (tertiary/aromatic N) is 1. The first-order valence-electron chi connectivity index (χ1n) is 8.82. The molecule has 3 rings (SSSR count). The molecule has 2 N–H and O–H groups in total. The predicted molar refractivity (Wildman–Crippen MR) is 118 cm³/mol. The van der Waals surface area contributed by atoms with Gasteiger partial charge in [0, 0.05) is 27.9 Å². The number of benzene rings is 3. The van der Waals surface area contributed by atoms with Crippen LogP contribution in [0.2, 0.25) is 0 Å². The summed E-state index contributed by atoms with van der Waals surface area (Å²) in [6.45, 7) is 0. The van der Waals surface area contributed by atoms with Crippen molar-refractivity contribution in [1.29, 1.82) is 0 Å². The highest BCUT2D eigenvalue weighted by Gasteiger charge is 2.15. The van der Waals surface area contributed by atoms with E-state index in [0.717, 1.165) is 4.47 Å². The standard InChI is InChI=1S/C22H16BrN3O4/c23-17-7-4-8-18(14-17)24-22(28)20(25-21(27)16-5-2-1-3-6-16)13-15-9-11-19(12-10-15)26(29)30/h1-14H,(H,24,28)(H,25,27)/b20-13-. The number of rotatable bonds is 6. The van der Waals surface area contributed by atoms with Crippen molar-refractivity contribution in [2.45, 2.75) is 0 Å². The SMILES string of the molecule is O=C(Nc1cccc(Br)c1)/C(=C/c1ccc([N+](=O)[O-])cc1)NC(=O)c1ccccc1. The molecular weight excluding hydrogens is 450 g/mol. The Bertz CT molecular complexity index is 1110. The van der Waals surface area contributed by atoms with Crippen molar-refractivity contribution in [2.75, 3.05) is 5.32 Å². The Morgan fingerprint density at radius 1 is 0.933 bits per heavy atom. The van der Waals surface area contributed by atoms with Crippen LogP contribution < -0.4 is 10.6 Å². The van der Waals surface area contributed by atoms with Gasteiger partial charge in [-0.05, 0) is 54.1 Å². The number of hydrogen-bond acceptors (Lipinski definition) is 4. The quantitative estimate of drug-likeness (QED) is 0.311. The fourth-order valence-electron chi connectivity index (χ4n) is 2.57. The third-order valence-corrected chi connectivity index (χ3v) is 4.52. The Hall–Kier alpha value is -3.78. The van der Waals surface area contributed by atoms with E-state index in [1.54, 1.807) is 48.5 Å². The number of amides is 2.